The fourth-order valence-corrected chi connectivity index (χ4v) is 4.05. The maximum absolute atomic E-state index is 12.2. The summed E-state index contributed by atoms with van der Waals surface area (Å²) in [5, 5.41) is 13.5. The number of ether oxygens (including phenoxy) is 1. The van der Waals surface area contributed by atoms with Gasteiger partial charge in [-0.3, -0.25) is 4.79 Å². The van der Waals surface area contributed by atoms with E-state index in [1.165, 1.54) is 0 Å². The van der Waals surface area contributed by atoms with Crippen LogP contribution in [0.5, 0.6) is 0 Å². The molecule has 0 aromatic heterocycles. The lowest BCUT2D eigenvalue weighted by Gasteiger charge is -2.54. The molecule has 1 unspecified atom stereocenters. The Kier molecular flexibility index (Phi) is 3.33. The summed E-state index contributed by atoms with van der Waals surface area (Å²) in [5.74, 6) is -1.43. The number of rotatable bonds is 4. The molecule has 5 atom stereocenters. The Morgan fingerprint density at radius 2 is 2.33 bits per heavy atom. The SMILES string of the molecule is C[C@@]12OC(=O)[C@]1(C(O)[C@@H]1C=CCCC1)NC(=O)[C@@H]2CCN. The largest absolute Gasteiger partial charge is 0.453 e. The molecule has 3 rings (SSSR count). The Morgan fingerprint density at radius 1 is 1.57 bits per heavy atom. The van der Waals surface area contributed by atoms with E-state index in [4.69, 9.17) is 10.5 Å². The van der Waals surface area contributed by atoms with Gasteiger partial charge in [-0.25, -0.2) is 4.79 Å². The number of fused-ring (bicyclic) bond motifs is 1. The number of nitrogens with two attached hydrogens (primary N) is 1. The highest BCUT2D eigenvalue weighted by Crippen LogP contribution is 2.53. The van der Waals surface area contributed by atoms with Crippen molar-refractivity contribution >= 4 is 11.9 Å². The molecule has 0 bridgehead atoms. The molecule has 1 aliphatic carbocycles. The van der Waals surface area contributed by atoms with Gasteiger partial charge in [0.1, 0.15) is 0 Å². The molecule has 2 fully saturated rings. The summed E-state index contributed by atoms with van der Waals surface area (Å²) in [6.45, 7) is 2.06. The van der Waals surface area contributed by atoms with Crippen molar-refractivity contribution in [1.82, 2.24) is 5.32 Å². The van der Waals surface area contributed by atoms with Gasteiger partial charge in [0.25, 0.3) is 0 Å². The average Bonchev–Trinajstić information content (AvgIpc) is 2.65. The third kappa shape index (κ3) is 1.72. The predicted molar refractivity (Wildman–Crippen MR) is 75.0 cm³/mol. The number of aliphatic hydroxyl groups is 1. The van der Waals surface area contributed by atoms with E-state index in [0.29, 0.717) is 13.0 Å². The molecule has 0 saturated carbocycles. The first kappa shape index (κ1) is 14.5. The van der Waals surface area contributed by atoms with E-state index < -0.39 is 29.1 Å². The van der Waals surface area contributed by atoms with Gasteiger partial charge in [-0.15, -0.1) is 0 Å². The molecule has 3 aliphatic rings. The van der Waals surface area contributed by atoms with Crippen molar-refractivity contribution in [2.75, 3.05) is 6.54 Å². The highest BCUT2D eigenvalue weighted by Gasteiger charge is 2.79. The molecule has 0 radical (unpaired) electrons. The molecule has 0 aromatic rings. The first-order chi connectivity index (χ1) is 9.97. The number of hydrogen-bond acceptors (Lipinski definition) is 5. The van der Waals surface area contributed by atoms with E-state index in [9.17, 15) is 14.7 Å². The summed E-state index contributed by atoms with van der Waals surface area (Å²) >= 11 is 0. The van der Waals surface area contributed by atoms with Gasteiger partial charge in [-0.05, 0) is 39.2 Å². The number of aliphatic hydroxyl groups excluding tert-OH is 1. The molecule has 0 spiro atoms. The van der Waals surface area contributed by atoms with E-state index in [1.54, 1.807) is 6.92 Å². The van der Waals surface area contributed by atoms with Crippen LogP contribution in [0.3, 0.4) is 0 Å². The molecular weight excluding hydrogens is 272 g/mol. The van der Waals surface area contributed by atoms with Gasteiger partial charge in [0.05, 0.1) is 12.0 Å². The van der Waals surface area contributed by atoms with E-state index >= 15 is 0 Å². The first-order valence-electron chi connectivity index (χ1n) is 7.57. The molecule has 2 aliphatic heterocycles. The van der Waals surface area contributed by atoms with Crippen LogP contribution in [-0.2, 0) is 14.3 Å². The second kappa shape index (κ2) is 4.81. The van der Waals surface area contributed by atoms with Crippen LogP contribution in [0.1, 0.15) is 32.6 Å². The Hall–Kier alpha value is -1.40. The maximum atomic E-state index is 12.2. The van der Waals surface area contributed by atoms with Crippen molar-refractivity contribution in [3.05, 3.63) is 12.2 Å². The van der Waals surface area contributed by atoms with Crippen LogP contribution in [-0.4, -0.2) is 40.8 Å². The quantitative estimate of drug-likeness (QED) is 0.494. The molecule has 6 nitrogen and oxygen atoms in total. The van der Waals surface area contributed by atoms with Crippen LogP contribution >= 0.6 is 0 Å². The van der Waals surface area contributed by atoms with Crippen molar-refractivity contribution in [1.29, 1.82) is 0 Å². The van der Waals surface area contributed by atoms with Gasteiger partial charge in [-0.2, -0.15) is 0 Å². The minimum absolute atomic E-state index is 0.136. The second-order valence-electron chi connectivity index (χ2n) is 6.39. The molecule has 116 valence electrons. The van der Waals surface area contributed by atoms with E-state index in [0.717, 1.165) is 19.3 Å². The molecule has 1 amide bonds. The summed E-state index contributed by atoms with van der Waals surface area (Å²) in [7, 11) is 0. The van der Waals surface area contributed by atoms with Crippen molar-refractivity contribution in [3.8, 4) is 0 Å². The van der Waals surface area contributed by atoms with Crippen LogP contribution in [0.2, 0.25) is 0 Å². The summed E-state index contributed by atoms with van der Waals surface area (Å²) < 4.78 is 5.34. The molecule has 21 heavy (non-hydrogen) atoms. The summed E-state index contributed by atoms with van der Waals surface area (Å²) in [6.07, 6.45) is 6.19. The molecule has 4 N–H and O–H groups in total. The van der Waals surface area contributed by atoms with Gasteiger partial charge in [0, 0.05) is 5.92 Å². The molecule has 2 saturated heterocycles. The van der Waals surface area contributed by atoms with Crippen LogP contribution in [0.25, 0.3) is 0 Å². The highest BCUT2D eigenvalue weighted by atomic mass is 16.6. The van der Waals surface area contributed by atoms with Crippen LogP contribution < -0.4 is 11.1 Å². The van der Waals surface area contributed by atoms with Crippen LogP contribution in [0, 0.1) is 11.8 Å². The van der Waals surface area contributed by atoms with E-state index in [-0.39, 0.29) is 11.8 Å². The van der Waals surface area contributed by atoms with Crippen molar-refractivity contribution in [3.63, 3.8) is 0 Å². The third-order valence-electron chi connectivity index (χ3n) is 5.31. The van der Waals surface area contributed by atoms with E-state index in [1.807, 2.05) is 12.2 Å². The monoisotopic (exact) mass is 294 g/mol. The third-order valence-corrected chi connectivity index (χ3v) is 5.31. The maximum Gasteiger partial charge on any atom is 0.339 e. The lowest BCUT2D eigenvalue weighted by molar-refractivity contribution is -0.238. The Balaban J connectivity index is 1.94. The Labute approximate surface area is 123 Å². The molecule has 0 aromatic carbocycles. The first-order valence-corrected chi connectivity index (χ1v) is 7.57. The lowest BCUT2D eigenvalue weighted by Crippen LogP contribution is -2.80. The smallest absolute Gasteiger partial charge is 0.339 e. The normalized spacial score (nSPS) is 42.8. The zero-order chi connectivity index (χ0) is 15.3. The Bertz CT molecular complexity index is 506. The zero-order valence-corrected chi connectivity index (χ0v) is 12.2. The van der Waals surface area contributed by atoms with Crippen molar-refractivity contribution < 1.29 is 19.4 Å². The van der Waals surface area contributed by atoms with E-state index in [2.05, 4.69) is 5.32 Å². The average molecular weight is 294 g/mol. The lowest BCUT2D eigenvalue weighted by atomic mass is 9.64. The summed E-state index contributed by atoms with van der Waals surface area (Å²) in [4.78, 5) is 24.4. The van der Waals surface area contributed by atoms with Gasteiger partial charge in [0.2, 0.25) is 11.4 Å². The summed E-state index contributed by atoms with van der Waals surface area (Å²) in [6, 6.07) is 0. The molecule has 6 heteroatoms. The van der Waals surface area contributed by atoms with Gasteiger partial charge < -0.3 is 20.9 Å². The van der Waals surface area contributed by atoms with Gasteiger partial charge >= 0.3 is 5.97 Å². The number of esters is 1. The van der Waals surface area contributed by atoms with Crippen LogP contribution in [0.4, 0.5) is 0 Å². The van der Waals surface area contributed by atoms with Gasteiger partial charge in [0.15, 0.2) is 5.60 Å². The molecular formula is C15H22N2O4. The molecule has 2 heterocycles. The number of carbonyl (C=O) groups excluding carboxylic acids is 2. The fourth-order valence-electron chi connectivity index (χ4n) is 4.05. The number of amides is 1. The minimum Gasteiger partial charge on any atom is -0.453 e. The second-order valence-corrected chi connectivity index (χ2v) is 6.39. The minimum atomic E-state index is -1.32. The van der Waals surface area contributed by atoms with Gasteiger partial charge in [-0.1, -0.05) is 12.2 Å². The topological polar surface area (TPSA) is 102 Å². The van der Waals surface area contributed by atoms with Crippen LogP contribution in [0.15, 0.2) is 12.2 Å². The standard InChI is InChI=1S/C15H22N2O4/c1-14-10(7-8-16)12(19)17-15(14,13(20)21-14)11(18)9-5-3-2-4-6-9/h3,5,9-11,18H,2,4,6-8,16H2,1H3,(H,17,19)/t9-,10+,11?,14+,15+/m1/s1. The Morgan fingerprint density at radius 3 is 2.90 bits per heavy atom. The highest BCUT2D eigenvalue weighted by molar-refractivity contribution is 6.01. The predicted octanol–water partition coefficient (Wildman–Crippen LogP) is -0.147. The zero-order valence-electron chi connectivity index (χ0n) is 12.2. The fraction of sp³-hybridized carbons (Fsp3) is 0.733. The van der Waals surface area contributed by atoms with Crippen molar-refractivity contribution in [2.24, 2.45) is 17.6 Å². The number of carbonyl (C=O) groups is 2. The van der Waals surface area contributed by atoms with Crippen molar-refractivity contribution in [2.45, 2.75) is 49.9 Å². The number of nitrogens with one attached hydrogen (secondary N) is 1. The number of hydrogen-bond donors (Lipinski definition) is 3. The number of allylic oxidation sites excluding steroid dienone is 1. The summed E-state index contributed by atoms with van der Waals surface area (Å²) in [5.41, 5.74) is 3.23.